The van der Waals surface area contributed by atoms with Gasteiger partial charge in [-0.25, -0.2) is 9.59 Å². The monoisotopic (exact) mass is 502 g/mol. The van der Waals surface area contributed by atoms with E-state index in [2.05, 4.69) is 0 Å². The number of hydrogen-bond donors (Lipinski definition) is 3. The SMILES string of the molecule is CC(=O)OC1C2C(=O)c3c(C)cc(O)c4c3C1(COC4=O)c1c(O)c3c4c(c(O)cc(C)c4c12)C(=O)O3. The maximum atomic E-state index is 14.2. The van der Waals surface area contributed by atoms with Crippen molar-refractivity contribution in [3.8, 4) is 23.0 Å². The molecule has 3 aromatic carbocycles. The highest BCUT2D eigenvalue weighted by Gasteiger charge is 2.68. The molecule has 37 heavy (non-hydrogen) atoms. The third-order valence-corrected chi connectivity index (χ3v) is 8.07. The van der Waals surface area contributed by atoms with E-state index in [1.807, 2.05) is 0 Å². The number of ketones is 1. The lowest BCUT2D eigenvalue weighted by molar-refractivity contribution is -0.150. The van der Waals surface area contributed by atoms with Crippen LogP contribution < -0.4 is 4.74 Å². The summed E-state index contributed by atoms with van der Waals surface area (Å²) in [6.07, 6.45) is -1.23. The van der Waals surface area contributed by atoms with Crippen LogP contribution in [0, 0.1) is 13.8 Å². The van der Waals surface area contributed by atoms with Gasteiger partial charge >= 0.3 is 17.9 Å². The van der Waals surface area contributed by atoms with Crippen LogP contribution in [0.1, 0.15) is 71.7 Å². The Hall–Kier alpha value is -4.60. The van der Waals surface area contributed by atoms with E-state index in [1.165, 1.54) is 19.1 Å². The standard InChI is InChI=1S/C27H18O10/c1-7-4-10(29)14-17-12(7)16-18-21(31)13-8(2)5-11(30)15-19(13)27(6-35-25(15)33,24(18)36-9(3)28)20(16)22(32)23(17)37-26(14)34/h4-5,18,24,29-30,32H,6H2,1-3H3. The first-order valence-corrected chi connectivity index (χ1v) is 11.5. The van der Waals surface area contributed by atoms with Crippen molar-refractivity contribution >= 4 is 34.5 Å². The third kappa shape index (κ3) is 2.19. The summed E-state index contributed by atoms with van der Waals surface area (Å²) in [6, 6.07) is 2.67. The molecular formula is C27H18O10. The fourth-order valence-electron chi connectivity index (χ4n) is 6.94. The quantitative estimate of drug-likeness (QED) is 0.334. The van der Waals surface area contributed by atoms with Crippen molar-refractivity contribution in [1.29, 1.82) is 0 Å². The minimum Gasteiger partial charge on any atom is -0.507 e. The fraction of sp³-hybridized carbons (Fsp3) is 0.259. The highest BCUT2D eigenvalue weighted by atomic mass is 16.6. The zero-order valence-corrected chi connectivity index (χ0v) is 19.7. The fourth-order valence-corrected chi connectivity index (χ4v) is 6.94. The van der Waals surface area contributed by atoms with Gasteiger partial charge in [-0.2, -0.15) is 0 Å². The van der Waals surface area contributed by atoms with Gasteiger partial charge in [0.15, 0.2) is 17.3 Å². The molecule has 0 radical (unpaired) electrons. The number of ether oxygens (including phenoxy) is 3. The first-order valence-electron chi connectivity index (χ1n) is 11.5. The minimum absolute atomic E-state index is 0.107. The largest absolute Gasteiger partial charge is 0.507 e. The number of aromatic hydroxyl groups is 3. The number of phenols is 3. The second kappa shape index (κ2) is 6.39. The van der Waals surface area contributed by atoms with Crippen LogP contribution >= 0.6 is 0 Å². The normalized spacial score (nSPS) is 24.0. The molecule has 0 saturated heterocycles. The van der Waals surface area contributed by atoms with Crippen molar-refractivity contribution < 1.29 is 48.7 Å². The Morgan fingerprint density at radius 2 is 1.62 bits per heavy atom. The zero-order chi connectivity index (χ0) is 26.3. The summed E-state index contributed by atoms with van der Waals surface area (Å²) in [5.74, 6) is -5.50. The lowest BCUT2D eigenvalue weighted by Gasteiger charge is -2.44. The van der Waals surface area contributed by atoms with Crippen LogP contribution in [0.2, 0.25) is 0 Å². The predicted octanol–water partition coefficient (Wildman–Crippen LogP) is 2.79. The van der Waals surface area contributed by atoms with Gasteiger partial charge in [-0.05, 0) is 53.6 Å². The van der Waals surface area contributed by atoms with Gasteiger partial charge in [0.05, 0.1) is 11.3 Å². The summed E-state index contributed by atoms with van der Waals surface area (Å²) in [7, 11) is 0. The number of carbonyl (C=O) groups is 4. The van der Waals surface area contributed by atoms with Gasteiger partial charge < -0.3 is 29.5 Å². The van der Waals surface area contributed by atoms with E-state index in [0.717, 1.165) is 0 Å². The lowest BCUT2D eigenvalue weighted by atomic mass is 9.63. The summed E-state index contributed by atoms with van der Waals surface area (Å²) in [5, 5.41) is 33.5. The highest BCUT2D eigenvalue weighted by molar-refractivity contribution is 6.21. The number of phenolic OH excluding ortho intramolecular Hbond substituents is 3. The molecule has 0 aromatic heterocycles. The summed E-state index contributed by atoms with van der Waals surface area (Å²) >= 11 is 0. The Morgan fingerprint density at radius 1 is 0.946 bits per heavy atom. The molecule has 3 unspecified atom stereocenters. The minimum atomic E-state index is -1.57. The molecule has 1 spiro atoms. The van der Waals surface area contributed by atoms with Gasteiger partial charge in [0, 0.05) is 23.4 Å². The van der Waals surface area contributed by atoms with E-state index in [0.29, 0.717) is 22.1 Å². The predicted molar refractivity (Wildman–Crippen MR) is 124 cm³/mol. The molecule has 10 nitrogen and oxygen atoms in total. The van der Waals surface area contributed by atoms with Crippen molar-refractivity contribution in [1.82, 2.24) is 0 Å². The molecule has 2 bridgehead atoms. The maximum absolute atomic E-state index is 14.2. The van der Waals surface area contributed by atoms with Gasteiger partial charge in [-0.1, -0.05) is 0 Å². The van der Waals surface area contributed by atoms with Crippen LogP contribution in [0.15, 0.2) is 12.1 Å². The Kier molecular flexibility index (Phi) is 3.74. The Morgan fingerprint density at radius 3 is 2.32 bits per heavy atom. The van der Waals surface area contributed by atoms with Gasteiger partial charge in [0.25, 0.3) is 0 Å². The topological polar surface area (TPSA) is 157 Å². The van der Waals surface area contributed by atoms with Gasteiger partial charge in [0.1, 0.15) is 35.3 Å². The molecule has 0 fully saturated rings. The summed E-state index contributed by atoms with van der Waals surface area (Å²) < 4.78 is 16.7. The maximum Gasteiger partial charge on any atom is 0.348 e. The van der Waals surface area contributed by atoms with Crippen LogP contribution in [0.25, 0.3) is 10.8 Å². The second-order valence-corrected chi connectivity index (χ2v) is 9.95. The molecule has 4 aliphatic rings. The third-order valence-electron chi connectivity index (χ3n) is 8.07. The Labute approximate surface area is 208 Å². The zero-order valence-electron chi connectivity index (χ0n) is 19.7. The number of cyclic esters (lactones) is 1. The van der Waals surface area contributed by atoms with E-state index in [-0.39, 0.29) is 44.7 Å². The van der Waals surface area contributed by atoms with E-state index in [4.69, 9.17) is 14.2 Å². The molecule has 2 heterocycles. The number of aryl methyl sites for hydroxylation is 2. The molecule has 0 saturated carbocycles. The van der Waals surface area contributed by atoms with Crippen LogP contribution in [0.5, 0.6) is 23.0 Å². The number of esters is 3. The molecule has 186 valence electrons. The Bertz CT molecular complexity index is 1730. The molecule has 2 aliphatic carbocycles. The molecule has 10 heteroatoms. The van der Waals surface area contributed by atoms with Crippen LogP contribution in [0.4, 0.5) is 0 Å². The van der Waals surface area contributed by atoms with E-state index >= 15 is 0 Å². The van der Waals surface area contributed by atoms with Crippen LogP contribution in [-0.2, 0) is 19.7 Å². The van der Waals surface area contributed by atoms with Gasteiger partial charge in [0.2, 0.25) is 0 Å². The summed E-state index contributed by atoms with van der Waals surface area (Å²) in [4.78, 5) is 52.1. The van der Waals surface area contributed by atoms with Crippen molar-refractivity contribution in [2.24, 2.45) is 0 Å². The highest BCUT2D eigenvalue weighted by Crippen LogP contribution is 2.66. The molecule has 3 aromatic rings. The average Bonchev–Trinajstić information content (AvgIpc) is 3.25. The summed E-state index contributed by atoms with van der Waals surface area (Å²) in [6.45, 7) is 4.07. The number of benzene rings is 3. The molecule has 3 atom stereocenters. The lowest BCUT2D eigenvalue weighted by Crippen LogP contribution is -2.54. The summed E-state index contributed by atoms with van der Waals surface area (Å²) in [5.41, 5.74) is -0.389. The van der Waals surface area contributed by atoms with E-state index < -0.39 is 59.2 Å². The van der Waals surface area contributed by atoms with Gasteiger partial charge in [-0.3, -0.25) is 9.59 Å². The number of fused-ring (bicyclic) bond motifs is 4. The molecule has 0 amide bonds. The Balaban J connectivity index is 1.75. The number of Topliss-reactive ketones (excluding diaryl/α,β-unsaturated/α-hetero) is 1. The number of carbonyl (C=O) groups excluding carboxylic acids is 4. The van der Waals surface area contributed by atoms with Crippen molar-refractivity contribution in [3.05, 3.63) is 56.6 Å². The molecular weight excluding hydrogens is 484 g/mol. The number of rotatable bonds is 1. The van der Waals surface area contributed by atoms with Crippen LogP contribution in [-0.4, -0.2) is 51.7 Å². The van der Waals surface area contributed by atoms with E-state index in [9.17, 15) is 34.5 Å². The number of hydrogen-bond acceptors (Lipinski definition) is 10. The first kappa shape index (κ1) is 21.7. The van der Waals surface area contributed by atoms with Crippen molar-refractivity contribution in [2.45, 2.75) is 38.2 Å². The average molecular weight is 502 g/mol. The molecule has 7 rings (SSSR count). The van der Waals surface area contributed by atoms with Crippen LogP contribution in [0.3, 0.4) is 0 Å². The smallest absolute Gasteiger partial charge is 0.348 e. The molecule has 3 N–H and O–H groups in total. The van der Waals surface area contributed by atoms with Crippen molar-refractivity contribution in [3.63, 3.8) is 0 Å². The molecule has 2 aliphatic heterocycles. The van der Waals surface area contributed by atoms with E-state index in [1.54, 1.807) is 13.8 Å². The first-order chi connectivity index (χ1) is 17.5. The van der Waals surface area contributed by atoms with Crippen molar-refractivity contribution in [2.75, 3.05) is 6.61 Å². The van der Waals surface area contributed by atoms with Gasteiger partial charge in [-0.15, -0.1) is 0 Å². The second-order valence-electron chi connectivity index (χ2n) is 9.95.